The van der Waals surface area contributed by atoms with E-state index in [2.05, 4.69) is 66.7 Å². The summed E-state index contributed by atoms with van der Waals surface area (Å²) in [5.41, 5.74) is 3.04. The molecule has 2 aliphatic heterocycles. The van der Waals surface area contributed by atoms with Gasteiger partial charge in [-0.3, -0.25) is 9.80 Å². The summed E-state index contributed by atoms with van der Waals surface area (Å²) < 4.78 is 0. The van der Waals surface area contributed by atoms with Crippen LogP contribution in [0, 0.1) is 6.92 Å². The Morgan fingerprint density at radius 2 is 1.55 bits per heavy atom. The topological polar surface area (TPSA) is 9.72 Å². The first-order chi connectivity index (χ1) is 10.4. The summed E-state index contributed by atoms with van der Waals surface area (Å²) in [4.78, 5) is 7.90. The summed E-state index contributed by atoms with van der Waals surface area (Å²) in [5, 5.41) is 0. The van der Waals surface area contributed by atoms with E-state index >= 15 is 0 Å². The molecule has 1 atom stereocenters. The molecule has 2 aliphatic rings. The maximum absolute atomic E-state index is 2.72. The predicted octanol–water partition coefficient (Wildman–Crippen LogP) is 2.99. The van der Waals surface area contributed by atoms with Crippen LogP contribution in [0.3, 0.4) is 0 Å². The minimum atomic E-state index is 0.318. The number of nitrogens with zero attached hydrogens (tertiary/aromatic N) is 3. The third-order valence-electron chi connectivity index (χ3n) is 5.34. The van der Waals surface area contributed by atoms with Crippen molar-refractivity contribution < 1.29 is 0 Å². The van der Waals surface area contributed by atoms with Gasteiger partial charge >= 0.3 is 0 Å². The molecule has 0 saturated carbocycles. The summed E-state index contributed by atoms with van der Waals surface area (Å²) in [5.74, 6) is 0. The van der Waals surface area contributed by atoms with Crippen LogP contribution in [0.15, 0.2) is 24.3 Å². The van der Waals surface area contributed by atoms with Crippen LogP contribution in [-0.4, -0.2) is 60.6 Å². The number of aryl methyl sites for hydroxylation is 1. The molecular formula is C19H31N3. The van der Waals surface area contributed by atoms with Crippen LogP contribution in [0.1, 0.15) is 32.8 Å². The monoisotopic (exact) mass is 301 g/mol. The Bertz CT molecular complexity index is 480. The average Bonchev–Trinajstić information content (AvgIpc) is 2.98. The van der Waals surface area contributed by atoms with Gasteiger partial charge in [-0.25, -0.2) is 0 Å². The lowest BCUT2D eigenvalue weighted by Gasteiger charge is -2.40. The lowest BCUT2D eigenvalue weighted by molar-refractivity contribution is 0.139. The highest BCUT2D eigenvalue weighted by molar-refractivity contribution is 5.47. The van der Waals surface area contributed by atoms with Crippen molar-refractivity contribution in [3.63, 3.8) is 0 Å². The van der Waals surface area contributed by atoms with Crippen molar-refractivity contribution in [1.82, 2.24) is 9.80 Å². The van der Waals surface area contributed by atoms with Gasteiger partial charge in [0.1, 0.15) is 0 Å². The highest BCUT2D eigenvalue weighted by Crippen LogP contribution is 2.25. The molecule has 0 spiro atoms. The molecule has 1 aromatic rings. The number of likely N-dealkylation sites (tertiary alicyclic amines) is 1. The van der Waals surface area contributed by atoms with Crippen LogP contribution in [0.5, 0.6) is 0 Å². The standard InChI is InChI=1S/C19H31N3/c1-16-5-7-17(8-6-16)20-11-13-21(14-12-20)18-9-10-22(15-18)19(2,3)4/h5-8,18H,9-15H2,1-4H3. The van der Waals surface area contributed by atoms with Crippen molar-refractivity contribution in [3.8, 4) is 0 Å². The van der Waals surface area contributed by atoms with E-state index in [1.54, 1.807) is 0 Å². The van der Waals surface area contributed by atoms with Crippen molar-refractivity contribution in [2.45, 2.75) is 45.7 Å². The normalized spacial score (nSPS) is 24.9. The second kappa shape index (κ2) is 6.21. The summed E-state index contributed by atoms with van der Waals surface area (Å²) in [7, 11) is 0. The highest BCUT2D eigenvalue weighted by Gasteiger charge is 2.34. The minimum Gasteiger partial charge on any atom is -0.369 e. The molecule has 0 aromatic heterocycles. The Morgan fingerprint density at radius 3 is 2.09 bits per heavy atom. The summed E-state index contributed by atoms with van der Waals surface area (Å²) in [6.45, 7) is 16.4. The Balaban J connectivity index is 1.53. The number of hydrogen-bond donors (Lipinski definition) is 0. The smallest absolute Gasteiger partial charge is 0.0367 e. The fourth-order valence-corrected chi connectivity index (χ4v) is 3.75. The molecule has 3 nitrogen and oxygen atoms in total. The molecule has 2 heterocycles. The van der Waals surface area contributed by atoms with E-state index in [9.17, 15) is 0 Å². The van der Waals surface area contributed by atoms with E-state index in [1.807, 2.05) is 0 Å². The fourth-order valence-electron chi connectivity index (χ4n) is 3.75. The van der Waals surface area contributed by atoms with Gasteiger partial charge < -0.3 is 4.90 Å². The first kappa shape index (κ1) is 15.8. The van der Waals surface area contributed by atoms with Crippen LogP contribution in [0.25, 0.3) is 0 Å². The van der Waals surface area contributed by atoms with Crippen LogP contribution >= 0.6 is 0 Å². The molecule has 0 N–H and O–H groups in total. The number of benzene rings is 1. The molecule has 0 aliphatic carbocycles. The molecule has 2 saturated heterocycles. The Morgan fingerprint density at radius 1 is 0.909 bits per heavy atom. The quantitative estimate of drug-likeness (QED) is 0.831. The second-order valence-electron chi connectivity index (χ2n) is 7.92. The number of piperazine rings is 1. The maximum Gasteiger partial charge on any atom is 0.0367 e. The van der Waals surface area contributed by atoms with Gasteiger partial charge in [0.15, 0.2) is 0 Å². The SMILES string of the molecule is Cc1ccc(N2CCN(C3CCN(C(C)(C)C)C3)CC2)cc1. The summed E-state index contributed by atoms with van der Waals surface area (Å²) in [6, 6.07) is 9.74. The number of anilines is 1. The van der Waals surface area contributed by atoms with Crippen LogP contribution in [0.2, 0.25) is 0 Å². The molecule has 22 heavy (non-hydrogen) atoms. The van der Waals surface area contributed by atoms with Crippen LogP contribution < -0.4 is 4.90 Å². The maximum atomic E-state index is 2.72. The molecule has 1 unspecified atom stereocenters. The molecular weight excluding hydrogens is 270 g/mol. The van der Waals surface area contributed by atoms with E-state index in [0.29, 0.717) is 5.54 Å². The lowest BCUT2D eigenvalue weighted by Crippen LogP contribution is -2.51. The first-order valence-corrected chi connectivity index (χ1v) is 8.74. The van der Waals surface area contributed by atoms with Crippen LogP contribution in [-0.2, 0) is 0 Å². The van der Waals surface area contributed by atoms with Crippen molar-refractivity contribution in [2.75, 3.05) is 44.2 Å². The first-order valence-electron chi connectivity index (χ1n) is 8.74. The third-order valence-corrected chi connectivity index (χ3v) is 5.34. The van der Waals surface area contributed by atoms with Gasteiger partial charge in [0.05, 0.1) is 0 Å². The molecule has 0 radical (unpaired) electrons. The Hall–Kier alpha value is -1.06. The Kier molecular flexibility index (Phi) is 4.47. The van der Waals surface area contributed by atoms with E-state index in [-0.39, 0.29) is 0 Å². The van der Waals surface area contributed by atoms with Gasteiger partial charge in [-0.15, -0.1) is 0 Å². The fraction of sp³-hybridized carbons (Fsp3) is 0.684. The molecule has 1 aromatic carbocycles. The van der Waals surface area contributed by atoms with Gasteiger partial charge in [0.25, 0.3) is 0 Å². The molecule has 0 amide bonds. The van der Waals surface area contributed by atoms with Gasteiger partial charge in [0, 0.05) is 56.5 Å². The molecule has 3 heteroatoms. The van der Waals surface area contributed by atoms with Gasteiger partial charge in [-0.05, 0) is 46.2 Å². The minimum absolute atomic E-state index is 0.318. The number of hydrogen-bond acceptors (Lipinski definition) is 3. The van der Waals surface area contributed by atoms with Crippen molar-refractivity contribution in [1.29, 1.82) is 0 Å². The molecule has 0 bridgehead atoms. The highest BCUT2D eigenvalue weighted by atomic mass is 15.3. The largest absolute Gasteiger partial charge is 0.369 e. The van der Waals surface area contributed by atoms with E-state index in [4.69, 9.17) is 0 Å². The lowest BCUT2D eigenvalue weighted by atomic mass is 10.1. The van der Waals surface area contributed by atoms with Gasteiger partial charge in [-0.1, -0.05) is 17.7 Å². The molecule has 3 rings (SSSR count). The van der Waals surface area contributed by atoms with Crippen molar-refractivity contribution in [2.24, 2.45) is 0 Å². The predicted molar refractivity (Wildman–Crippen MR) is 94.7 cm³/mol. The molecule has 122 valence electrons. The van der Waals surface area contributed by atoms with Crippen molar-refractivity contribution >= 4 is 5.69 Å². The van der Waals surface area contributed by atoms with E-state index in [1.165, 1.54) is 43.9 Å². The summed E-state index contributed by atoms with van der Waals surface area (Å²) in [6.07, 6.45) is 1.34. The Labute approximate surface area is 135 Å². The molecule has 2 fully saturated rings. The zero-order chi connectivity index (χ0) is 15.7. The average molecular weight is 301 g/mol. The third kappa shape index (κ3) is 3.47. The number of rotatable bonds is 2. The van der Waals surface area contributed by atoms with E-state index < -0.39 is 0 Å². The van der Waals surface area contributed by atoms with Gasteiger partial charge in [-0.2, -0.15) is 0 Å². The van der Waals surface area contributed by atoms with Gasteiger partial charge in [0.2, 0.25) is 0 Å². The van der Waals surface area contributed by atoms with Crippen molar-refractivity contribution in [3.05, 3.63) is 29.8 Å². The zero-order valence-electron chi connectivity index (χ0n) is 14.7. The van der Waals surface area contributed by atoms with Crippen LogP contribution in [0.4, 0.5) is 5.69 Å². The second-order valence-corrected chi connectivity index (χ2v) is 7.92. The van der Waals surface area contributed by atoms with E-state index in [0.717, 1.165) is 19.1 Å². The summed E-state index contributed by atoms with van der Waals surface area (Å²) >= 11 is 0. The zero-order valence-corrected chi connectivity index (χ0v) is 14.7.